The van der Waals surface area contributed by atoms with E-state index in [1.807, 2.05) is 16.8 Å². The van der Waals surface area contributed by atoms with Crippen LogP contribution in [0.25, 0.3) is 11.3 Å². The minimum Gasteiger partial charge on any atom is -0.508 e. The molecule has 0 fully saturated rings. The van der Waals surface area contributed by atoms with Gasteiger partial charge >= 0.3 is 0 Å². The molecule has 0 bridgehead atoms. The molecule has 23 heavy (non-hydrogen) atoms. The summed E-state index contributed by atoms with van der Waals surface area (Å²) in [7, 11) is 1.76. The van der Waals surface area contributed by atoms with Gasteiger partial charge in [-0.1, -0.05) is 29.8 Å². The quantitative estimate of drug-likeness (QED) is 0.735. The molecule has 0 spiro atoms. The molecule has 0 radical (unpaired) electrons. The molecule has 0 amide bonds. The molecule has 4 nitrogen and oxygen atoms in total. The maximum Gasteiger partial charge on any atom is 0.205 e. The fraction of sp³-hybridized carbons (Fsp3) is 0.111. The van der Waals surface area contributed by atoms with E-state index in [1.54, 1.807) is 36.7 Å². The molecule has 0 atom stereocenters. The highest BCUT2D eigenvalue weighted by Gasteiger charge is 2.06. The van der Waals surface area contributed by atoms with E-state index in [9.17, 15) is 5.11 Å². The van der Waals surface area contributed by atoms with Gasteiger partial charge in [-0.25, -0.2) is 4.68 Å². The van der Waals surface area contributed by atoms with E-state index in [-0.39, 0.29) is 5.75 Å². The van der Waals surface area contributed by atoms with Crippen molar-refractivity contribution in [3.05, 3.63) is 69.8 Å². The third-order valence-corrected chi connectivity index (χ3v) is 4.35. The Morgan fingerprint density at radius 3 is 2.39 bits per heavy atom. The number of rotatable bonds is 3. The standard InChI is InChI=1S/C18H17N3OS/c1-13-3-7-15(8-4-13)17-12-23-18(19-2)21(17)20-11-14-5-9-16(22)10-6-14/h3-12,22H,1-2H3. The number of phenols is 1. The SMILES string of the molecule is CN=c1scc(-c2ccc(C)cc2)n1N=Cc1ccc(O)cc1. The van der Waals surface area contributed by atoms with Gasteiger partial charge in [0.1, 0.15) is 5.75 Å². The summed E-state index contributed by atoms with van der Waals surface area (Å²) >= 11 is 1.56. The average molecular weight is 323 g/mol. The number of aromatic hydroxyl groups is 1. The second kappa shape index (κ2) is 6.62. The molecule has 1 heterocycles. The Kier molecular flexibility index (Phi) is 4.39. The first-order valence-corrected chi connectivity index (χ1v) is 8.09. The van der Waals surface area contributed by atoms with E-state index in [2.05, 4.69) is 46.7 Å². The largest absolute Gasteiger partial charge is 0.508 e. The molecular formula is C18H17N3OS. The normalized spacial score (nSPS) is 12.2. The Bertz CT molecular complexity index is 887. The van der Waals surface area contributed by atoms with Gasteiger partial charge in [0, 0.05) is 18.0 Å². The van der Waals surface area contributed by atoms with Gasteiger partial charge in [0.05, 0.1) is 11.9 Å². The lowest BCUT2D eigenvalue weighted by Gasteiger charge is -2.04. The molecule has 0 aliphatic carbocycles. The van der Waals surface area contributed by atoms with Crippen LogP contribution in [0.5, 0.6) is 5.75 Å². The van der Waals surface area contributed by atoms with Crippen LogP contribution in [0.3, 0.4) is 0 Å². The van der Waals surface area contributed by atoms with Gasteiger partial charge in [-0.2, -0.15) is 5.10 Å². The number of phenolic OH excluding ortho intramolecular Hbond substituents is 1. The van der Waals surface area contributed by atoms with Crippen LogP contribution in [0.4, 0.5) is 0 Å². The fourth-order valence-corrected chi connectivity index (χ4v) is 2.97. The zero-order valence-corrected chi connectivity index (χ0v) is 13.8. The molecule has 5 heteroatoms. The van der Waals surface area contributed by atoms with Crippen LogP contribution >= 0.6 is 11.3 Å². The van der Waals surface area contributed by atoms with E-state index in [0.29, 0.717) is 0 Å². The summed E-state index contributed by atoms with van der Waals surface area (Å²) in [6.45, 7) is 2.07. The number of benzene rings is 2. The molecule has 0 aliphatic heterocycles. The molecule has 0 aliphatic rings. The van der Waals surface area contributed by atoms with Crippen molar-refractivity contribution >= 4 is 17.6 Å². The third kappa shape index (κ3) is 3.40. The Morgan fingerprint density at radius 1 is 1.04 bits per heavy atom. The van der Waals surface area contributed by atoms with Crippen LogP contribution in [0.2, 0.25) is 0 Å². The molecule has 116 valence electrons. The highest BCUT2D eigenvalue weighted by Crippen LogP contribution is 2.20. The summed E-state index contributed by atoms with van der Waals surface area (Å²) in [6.07, 6.45) is 1.76. The van der Waals surface area contributed by atoms with Crippen LogP contribution in [0.1, 0.15) is 11.1 Å². The van der Waals surface area contributed by atoms with E-state index >= 15 is 0 Å². The maximum absolute atomic E-state index is 9.34. The lowest BCUT2D eigenvalue weighted by atomic mass is 10.1. The van der Waals surface area contributed by atoms with Crippen molar-refractivity contribution in [3.63, 3.8) is 0 Å². The first kappa shape index (κ1) is 15.2. The molecule has 1 N–H and O–H groups in total. The topological polar surface area (TPSA) is 49.9 Å². The molecule has 0 unspecified atom stereocenters. The Morgan fingerprint density at radius 2 is 1.74 bits per heavy atom. The zero-order chi connectivity index (χ0) is 16.2. The molecule has 0 saturated carbocycles. The van der Waals surface area contributed by atoms with E-state index < -0.39 is 0 Å². The van der Waals surface area contributed by atoms with E-state index in [0.717, 1.165) is 21.6 Å². The molecule has 3 rings (SSSR count). The lowest BCUT2D eigenvalue weighted by molar-refractivity contribution is 0.475. The molecule has 0 saturated heterocycles. The summed E-state index contributed by atoms with van der Waals surface area (Å²) in [5.74, 6) is 0.245. The van der Waals surface area contributed by atoms with Crippen molar-refractivity contribution in [3.8, 4) is 17.0 Å². The van der Waals surface area contributed by atoms with Crippen molar-refractivity contribution in [2.75, 3.05) is 7.05 Å². The number of aryl methyl sites for hydroxylation is 1. The Hall–Kier alpha value is -2.66. The van der Waals surface area contributed by atoms with E-state index in [1.165, 1.54) is 5.56 Å². The Balaban J connectivity index is 2.02. The molecule has 3 aromatic rings. The van der Waals surface area contributed by atoms with Crippen LogP contribution in [0.15, 0.2) is 64.0 Å². The predicted octanol–water partition coefficient (Wildman–Crippen LogP) is 3.64. The highest BCUT2D eigenvalue weighted by atomic mass is 32.1. The monoisotopic (exact) mass is 323 g/mol. The van der Waals surface area contributed by atoms with Gasteiger partial charge in [0.2, 0.25) is 4.80 Å². The smallest absolute Gasteiger partial charge is 0.205 e. The highest BCUT2D eigenvalue weighted by molar-refractivity contribution is 7.07. The summed E-state index contributed by atoms with van der Waals surface area (Å²) in [6, 6.07) is 15.3. The predicted molar refractivity (Wildman–Crippen MR) is 95.1 cm³/mol. The summed E-state index contributed by atoms with van der Waals surface area (Å²) in [5, 5.41) is 16.0. The second-order valence-electron chi connectivity index (χ2n) is 5.14. The van der Waals surface area contributed by atoms with Gasteiger partial charge in [0.25, 0.3) is 0 Å². The zero-order valence-electron chi connectivity index (χ0n) is 13.0. The minimum atomic E-state index is 0.245. The van der Waals surface area contributed by atoms with Crippen molar-refractivity contribution in [1.29, 1.82) is 0 Å². The van der Waals surface area contributed by atoms with Crippen molar-refractivity contribution in [2.45, 2.75) is 6.92 Å². The number of hydrogen-bond acceptors (Lipinski definition) is 4. The van der Waals surface area contributed by atoms with E-state index in [4.69, 9.17) is 0 Å². The number of nitrogens with zero attached hydrogens (tertiary/aromatic N) is 3. The van der Waals surface area contributed by atoms with Gasteiger partial charge < -0.3 is 5.11 Å². The van der Waals surface area contributed by atoms with Gasteiger partial charge in [-0.05, 0) is 36.8 Å². The van der Waals surface area contributed by atoms with Crippen molar-refractivity contribution in [1.82, 2.24) is 4.68 Å². The van der Waals surface area contributed by atoms with Gasteiger partial charge in [-0.3, -0.25) is 4.99 Å². The van der Waals surface area contributed by atoms with Crippen LogP contribution in [0, 0.1) is 6.92 Å². The fourth-order valence-electron chi connectivity index (χ4n) is 2.17. The molecular weight excluding hydrogens is 306 g/mol. The van der Waals surface area contributed by atoms with Gasteiger partial charge in [-0.15, -0.1) is 11.3 Å². The number of aromatic nitrogens is 1. The van der Waals surface area contributed by atoms with Crippen LogP contribution < -0.4 is 4.80 Å². The second-order valence-corrected chi connectivity index (χ2v) is 5.98. The molecule has 1 aromatic heterocycles. The summed E-state index contributed by atoms with van der Waals surface area (Å²) in [4.78, 5) is 5.12. The molecule has 2 aromatic carbocycles. The summed E-state index contributed by atoms with van der Waals surface area (Å²) in [5.41, 5.74) is 4.25. The number of thiazole rings is 1. The van der Waals surface area contributed by atoms with Crippen LogP contribution in [-0.4, -0.2) is 23.0 Å². The third-order valence-electron chi connectivity index (χ3n) is 3.44. The Labute approximate surface area is 138 Å². The van der Waals surface area contributed by atoms with Crippen molar-refractivity contribution < 1.29 is 5.11 Å². The lowest BCUT2D eigenvalue weighted by Crippen LogP contribution is -2.11. The minimum absolute atomic E-state index is 0.245. The van der Waals surface area contributed by atoms with Crippen molar-refractivity contribution in [2.24, 2.45) is 10.1 Å². The van der Waals surface area contributed by atoms with Gasteiger partial charge in [0.15, 0.2) is 0 Å². The first-order valence-electron chi connectivity index (χ1n) is 7.21. The maximum atomic E-state index is 9.34. The number of hydrogen-bond donors (Lipinski definition) is 1. The summed E-state index contributed by atoms with van der Waals surface area (Å²) < 4.78 is 1.84. The average Bonchev–Trinajstić information content (AvgIpc) is 2.98. The first-order chi connectivity index (χ1) is 11.2. The van der Waals surface area contributed by atoms with Crippen LogP contribution in [-0.2, 0) is 0 Å².